The zero-order chi connectivity index (χ0) is 14.9. The molecule has 1 unspecified atom stereocenters. The summed E-state index contributed by atoms with van der Waals surface area (Å²) in [7, 11) is -3.23. The van der Waals surface area contributed by atoms with Crippen LogP contribution in [0.1, 0.15) is 13.3 Å². The molecule has 9 heteroatoms. The SMILES string of the molecule is CCCn1c(N)c(NC2C=CS(=O)(=O)C2)c(=O)[nH]c1=O. The number of anilines is 2. The maximum atomic E-state index is 11.8. The first-order valence-corrected chi connectivity index (χ1v) is 7.85. The van der Waals surface area contributed by atoms with Crippen molar-refractivity contribution in [3.63, 3.8) is 0 Å². The van der Waals surface area contributed by atoms with Crippen LogP contribution in [0.4, 0.5) is 11.5 Å². The molecule has 0 fully saturated rings. The summed E-state index contributed by atoms with van der Waals surface area (Å²) in [4.78, 5) is 25.6. The lowest BCUT2D eigenvalue weighted by molar-refractivity contribution is 0.605. The Labute approximate surface area is 115 Å². The first-order valence-electron chi connectivity index (χ1n) is 6.14. The molecule has 0 aromatic carbocycles. The molecule has 0 aliphatic carbocycles. The highest BCUT2D eigenvalue weighted by molar-refractivity contribution is 7.94. The summed E-state index contributed by atoms with van der Waals surface area (Å²) in [5, 5.41) is 3.86. The average Bonchev–Trinajstić information content (AvgIpc) is 2.69. The number of aromatic nitrogens is 2. The summed E-state index contributed by atoms with van der Waals surface area (Å²) in [6.07, 6.45) is 2.12. The molecule has 0 radical (unpaired) electrons. The molecule has 0 spiro atoms. The van der Waals surface area contributed by atoms with Gasteiger partial charge in [-0.3, -0.25) is 14.3 Å². The third-order valence-corrected chi connectivity index (χ3v) is 4.34. The molecule has 2 heterocycles. The summed E-state index contributed by atoms with van der Waals surface area (Å²) in [5.74, 6) is -0.128. The van der Waals surface area contributed by atoms with Gasteiger partial charge in [-0.25, -0.2) is 13.2 Å². The van der Waals surface area contributed by atoms with Crippen LogP contribution in [0, 0.1) is 0 Å². The van der Waals surface area contributed by atoms with E-state index in [0.717, 1.165) is 5.41 Å². The Balaban J connectivity index is 2.38. The maximum absolute atomic E-state index is 11.8. The summed E-state index contributed by atoms with van der Waals surface area (Å²) in [5.41, 5.74) is 4.61. The Morgan fingerprint density at radius 3 is 2.75 bits per heavy atom. The highest BCUT2D eigenvalue weighted by Gasteiger charge is 2.23. The van der Waals surface area contributed by atoms with Crippen LogP contribution < -0.4 is 22.3 Å². The number of nitrogens with one attached hydrogen (secondary N) is 2. The van der Waals surface area contributed by atoms with Crippen LogP contribution >= 0.6 is 0 Å². The van der Waals surface area contributed by atoms with Crippen molar-refractivity contribution in [1.29, 1.82) is 0 Å². The molecule has 0 saturated heterocycles. The minimum absolute atomic E-state index is 0.0123. The number of nitrogens with two attached hydrogens (primary N) is 1. The van der Waals surface area contributed by atoms with E-state index >= 15 is 0 Å². The Bertz CT molecular complexity index is 760. The molecule has 0 amide bonds. The molecule has 2 rings (SSSR count). The Hall–Kier alpha value is -2.03. The number of sulfone groups is 1. The van der Waals surface area contributed by atoms with Crippen molar-refractivity contribution >= 4 is 21.3 Å². The molecule has 1 aliphatic rings. The number of nitrogens with zero attached hydrogens (tertiary/aromatic N) is 1. The summed E-state index contributed by atoms with van der Waals surface area (Å²) >= 11 is 0. The second-order valence-electron chi connectivity index (χ2n) is 4.58. The molecule has 110 valence electrons. The highest BCUT2D eigenvalue weighted by Crippen LogP contribution is 2.16. The number of hydrogen-bond donors (Lipinski definition) is 3. The molecular weight excluding hydrogens is 284 g/mol. The van der Waals surface area contributed by atoms with Gasteiger partial charge in [-0.05, 0) is 6.42 Å². The van der Waals surface area contributed by atoms with Crippen LogP contribution in [0.15, 0.2) is 21.1 Å². The van der Waals surface area contributed by atoms with Crippen LogP contribution in [0.5, 0.6) is 0 Å². The second-order valence-corrected chi connectivity index (χ2v) is 6.51. The van der Waals surface area contributed by atoms with Gasteiger partial charge >= 0.3 is 5.69 Å². The fourth-order valence-electron chi connectivity index (χ4n) is 2.02. The van der Waals surface area contributed by atoms with E-state index in [-0.39, 0.29) is 17.3 Å². The molecule has 1 aromatic heterocycles. The van der Waals surface area contributed by atoms with Crippen molar-refractivity contribution < 1.29 is 8.42 Å². The minimum Gasteiger partial charge on any atom is -0.383 e. The molecule has 4 N–H and O–H groups in total. The fourth-order valence-corrected chi connectivity index (χ4v) is 3.26. The van der Waals surface area contributed by atoms with Gasteiger partial charge in [-0.2, -0.15) is 0 Å². The lowest BCUT2D eigenvalue weighted by Crippen LogP contribution is -2.36. The van der Waals surface area contributed by atoms with Crippen LogP contribution in [-0.2, 0) is 16.4 Å². The molecule has 1 aromatic rings. The number of hydrogen-bond acceptors (Lipinski definition) is 6. The Morgan fingerprint density at radius 1 is 1.50 bits per heavy atom. The summed E-state index contributed by atoms with van der Waals surface area (Å²) in [6.45, 7) is 2.24. The van der Waals surface area contributed by atoms with Gasteiger partial charge in [0.25, 0.3) is 5.56 Å². The maximum Gasteiger partial charge on any atom is 0.330 e. The van der Waals surface area contributed by atoms with Crippen molar-refractivity contribution in [1.82, 2.24) is 9.55 Å². The summed E-state index contributed by atoms with van der Waals surface area (Å²) in [6, 6.07) is -0.532. The van der Waals surface area contributed by atoms with Gasteiger partial charge in [0, 0.05) is 12.0 Å². The van der Waals surface area contributed by atoms with Gasteiger partial charge in [0.15, 0.2) is 9.84 Å². The third kappa shape index (κ3) is 2.77. The quantitative estimate of drug-likeness (QED) is 0.671. The zero-order valence-electron chi connectivity index (χ0n) is 10.9. The van der Waals surface area contributed by atoms with Gasteiger partial charge in [-0.15, -0.1) is 0 Å². The van der Waals surface area contributed by atoms with E-state index < -0.39 is 27.1 Å². The first-order chi connectivity index (χ1) is 9.34. The zero-order valence-corrected chi connectivity index (χ0v) is 11.7. The topological polar surface area (TPSA) is 127 Å². The van der Waals surface area contributed by atoms with Crippen LogP contribution in [0.3, 0.4) is 0 Å². The van der Waals surface area contributed by atoms with Crippen LogP contribution in [0.2, 0.25) is 0 Å². The number of H-pyrrole nitrogens is 1. The average molecular weight is 300 g/mol. The molecule has 0 bridgehead atoms. The minimum atomic E-state index is -3.23. The monoisotopic (exact) mass is 300 g/mol. The second kappa shape index (κ2) is 5.16. The predicted molar refractivity (Wildman–Crippen MR) is 76.4 cm³/mol. The van der Waals surface area contributed by atoms with Gasteiger partial charge in [-0.1, -0.05) is 13.0 Å². The Kier molecular flexibility index (Phi) is 3.71. The van der Waals surface area contributed by atoms with Crippen molar-refractivity contribution in [3.8, 4) is 0 Å². The lowest BCUT2D eigenvalue weighted by Gasteiger charge is -2.15. The van der Waals surface area contributed by atoms with E-state index in [1.165, 1.54) is 10.6 Å². The van der Waals surface area contributed by atoms with Crippen molar-refractivity contribution in [3.05, 3.63) is 32.3 Å². The predicted octanol–water partition coefficient (Wildman–Crippen LogP) is -0.749. The smallest absolute Gasteiger partial charge is 0.330 e. The molecule has 20 heavy (non-hydrogen) atoms. The van der Waals surface area contributed by atoms with E-state index in [9.17, 15) is 18.0 Å². The molecule has 0 saturated carbocycles. The van der Waals surface area contributed by atoms with Crippen molar-refractivity contribution in [2.45, 2.75) is 25.9 Å². The van der Waals surface area contributed by atoms with Gasteiger partial charge in [0.05, 0.1) is 11.8 Å². The first kappa shape index (κ1) is 14.4. The molecular formula is C11H16N4O4S. The molecule has 1 aliphatic heterocycles. The van der Waals surface area contributed by atoms with E-state index in [0.29, 0.717) is 13.0 Å². The van der Waals surface area contributed by atoms with E-state index in [2.05, 4.69) is 10.3 Å². The number of aromatic amines is 1. The Morgan fingerprint density at radius 2 is 2.20 bits per heavy atom. The van der Waals surface area contributed by atoms with E-state index in [1.807, 2.05) is 6.92 Å². The van der Waals surface area contributed by atoms with Gasteiger partial charge < -0.3 is 11.1 Å². The highest BCUT2D eigenvalue weighted by atomic mass is 32.2. The van der Waals surface area contributed by atoms with E-state index in [4.69, 9.17) is 5.73 Å². The number of nitrogen functional groups attached to an aromatic ring is 1. The normalized spacial score (nSPS) is 20.1. The van der Waals surface area contributed by atoms with Crippen molar-refractivity contribution in [2.75, 3.05) is 16.8 Å². The van der Waals surface area contributed by atoms with Gasteiger partial charge in [0.2, 0.25) is 0 Å². The van der Waals surface area contributed by atoms with Gasteiger partial charge in [0.1, 0.15) is 11.5 Å². The summed E-state index contributed by atoms with van der Waals surface area (Å²) < 4.78 is 23.9. The van der Waals surface area contributed by atoms with E-state index in [1.54, 1.807) is 0 Å². The molecule has 8 nitrogen and oxygen atoms in total. The third-order valence-electron chi connectivity index (χ3n) is 2.95. The van der Waals surface area contributed by atoms with Crippen molar-refractivity contribution in [2.24, 2.45) is 0 Å². The number of rotatable bonds is 4. The molecule has 1 atom stereocenters. The largest absolute Gasteiger partial charge is 0.383 e. The standard InChI is InChI=1S/C11H16N4O4S/c1-2-4-15-9(12)8(10(16)14-11(15)17)13-7-3-5-20(18,19)6-7/h3,5,7,13H,2,4,6,12H2,1H3,(H,14,16,17). The fraction of sp³-hybridized carbons (Fsp3) is 0.455. The van der Waals surface area contributed by atoms with Crippen LogP contribution in [-0.4, -0.2) is 29.8 Å². The van der Waals surface area contributed by atoms with Crippen LogP contribution in [0.25, 0.3) is 0 Å². The lowest BCUT2D eigenvalue weighted by atomic mass is 10.3.